The minimum atomic E-state index is -0.447. The highest BCUT2D eigenvalue weighted by atomic mass is 16.6. The van der Waals surface area contributed by atoms with E-state index >= 15 is 0 Å². The first-order chi connectivity index (χ1) is 7.38. The zero-order chi connectivity index (χ0) is 12.2. The van der Waals surface area contributed by atoms with Gasteiger partial charge in [0.25, 0.3) is 0 Å². The molecule has 1 aliphatic rings. The number of carbonyl (C=O) groups excluding carboxylic acids is 1. The average molecular weight is 229 g/mol. The number of hydrogen-bond acceptors (Lipinski definition) is 3. The van der Waals surface area contributed by atoms with Crippen LogP contribution in [0.2, 0.25) is 0 Å². The molecule has 0 bridgehead atoms. The Kier molecular flexibility index (Phi) is 4.59. The zero-order valence-corrected chi connectivity index (χ0v) is 10.7. The second-order valence-electron chi connectivity index (χ2n) is 5.34. The maximum Gasteiger partial charge on any atom is 0.407 e. The second-order valence-corrected chi connectivity index (χ2v) is 5.34. The molecule has 1 amide bonds. The van der Waals surface area contributed by atoms with E-state index in [9.17, 15) is 4.79 Å². The summed E-state index contributed by atoms with van der Waals surface area (Å²) in [5, 5.41) is 2.82. The van der Waals surface area contributed by atoms with Gasteiger partial charge in [0.2, 0.25) is 0 Å². The Bertz CT molecular complexity index is 229. The van der Waals surface area contributed by atoms with Crippen LogP contribution in [-0.4, -0.2) is 30.4 Å². The SMILES string of the molecule is CC(NC(=O)OC(C)(C)C)C1CCCCO1. The minimum Gasteiger partial charge on any atom is -0.444 e. The zero-order valence-electron chi connectivity index (χ0n) is 10.7. The lowest BCUT2D eigenvalue weighted by Gasteiger charge is -2.29. The van der Waals surface area contributed by atoms with Crippen LogP contribution >= 0.6 is 0 Å². The number of carbonyl (C=O) groups is 1. The topological polar surface area (TPSA) is 47.6 Å². The number of rotatable bonds is 2. The predicted octanol–water partition coefficient (Wildman–Crippen LogP) is 2.47. The van der Waals surface area contributed by atoms with E-state index in [1.165, 1.54) is 6.42 Å². The molecule has 2 atom stereocenters. The molecule has 0 spiro atoms. The van der Waals surface area contributed by atoms with E-state index in [4.69, 9.17) is 9.47 Å². The summed E-state index contributed by atoms with van der Waals surface area (Å²) in [6.07, 6.45) is 3.06. The molecule has 4 nitrogen and oxygen atoms in total. The number of hydrogen-bond donors (Lipinski definition) is 1. The Hall–Kier alpha value is -0.770. The summed E-state index contributed by atoms with van der Waals surface area (Å²) >= 11 is 0. The fourth-order valence-electron chi connectivity index (χ4n) is 1.75. The van der Waals surface area contributed by atoms with Gasteiger partial charge in [-0.1, -0.05) is 0 Å². The Morgan fingerprint density at radius 2 is 2.12 bits per heavy atom. The van der Waals surface area contributed by atoms with E-state index < -0.39 is 5.60 Å². The van der Waals surface area contributed by atoms with Gasteiger partial charge in [-0.05, 0) is 47.0 Å². The van der Waals surface area contributed by atoms with Crippen LogP contribution in [0.15, 0.2) is 0 Å². The van der Waals surface area contributed by atoms with Gasteiger partial charge in [-0.2, -0.15) is 0 Å². The molecule has 0 saturated carbocycles. The summed E-state index contributed by atoms with van der Waals surface area (Å²) in [5.74, 6) is 0. The van der Waals surface area contributed by atoms with E-state index in [1.807, 2.05) is 27.7 Å². The summed E-state index contributed by atoms with van der Waals surface area (Å²) in [6, 6.07) is 0.00940. The van der Waals surface area contributed by atoms with Crippen molar-refractivity contribution >= 4 is 6.09 Å². The summed E-state index contributed by atoms with van der Waals surface area (Å²) in [6.45, 7) is 8.32. The van der Waals surface area contributed by atoms with Crippen LogP contribution < -0.4 is 5.32 Å². The highest BCUT2D eigenvalue weighted by Gasteiger charge is 2.24. The summed E-state index contributed by atoms with van der Waals surface area (Å²) < 4.78 is 10.8. The van der Waals surface area contributed by atoms with Crippen LogP contribution in [0.4, 0.5) is 4.79 Å². The summed E-state index contributed by atoms with van der Waals surface area (Å²) in [7, 11) is 0. The quantitative estimate of drug-likeness (QED) is 0.791. The van der Waals surface area contributed by atoms with Gasteiger partial charge in [0.1, 0.15) is 5.60 Å². The summed E-state index contributed by atoms with van der Waals surface area (Å²) in [4.78, 5) is 11.5. The average Bonchev–Trinajstić information content (AvgIpc) is 2.16. The number of amides is 1. The summed E-state index contributed by atoms with van der Waals surface area (Å²) in [5.41, 5.74) is -0.447. The molecule has 1 aliphatic heterocycles. The fraction of sp³-hybridized carbons (Fsp3) is 0.917. The third-order valence-corrected chi connectivity index (χ3v) is 2.52. The van der Waals surface area contributed by atoms with Crippen LogP contribution in [0, 0.1) is 0 Å². The van der Waals surface area contributed by atoms with Crippen molar-refractivity contribution in [2.24, 2.45) is 0 Å². The molecule has 0 aromatic rings. The normalized spacial score (nSPS) is 23.6. The van der Waals surface area contributed by atoms with Gasteiger partial charge in [-0.25, -0.2) is 4.79 Å². The van der Waals surface area contributed by atoms with E-state index in [-0.39, 0.29) is 18.2 Å². The molecule has 1 N–H and O–H groups in total. The van der Waals surface area contributed by atoms with Crippen LogP contribution in [0.1, 0.15) is 47.0 Å². The first-order valence-electron chi connectivity index (χ1n) is 5.99. The lowest BCUT2D eigenvalue weighted by Crippen LogP contribution is -2.45. The first-order valence-corrected chi connectivity index (χ1v) is 5.99. The van der Waals surface area contributed by atoms with Crippen molar-refractivity contribution in [3.8, 4) is 0 Å². The number of ether oxygens (including phenoxy) is 2. The van der Waals surface area contributed by atoms with E-state index in [0.717, 1.165) is 19.4 Å². The number of nitrogens with one attached hydrogen (secondary N) is 1. The van der Waals surface area contributed by atoms with Crippen molar-refractivity contribution in [2.45, 2.75) is 64.7 Å². The molecule has 0 aromatic carbocycles. The largest absolute Gasteiger partial charge is 0.444 e. The van der Waals surface area contributed by atoms with Gasteiger partial charge in [0.05, 0.1) is 12.1 Å². The van der Waals surface area contributed by atoms with Crippen LogP contribution in [0.5, 0.6) is 0 Å². The Morgan fingerprint density at radius 1 is 1.44 bits per heavy atom. The molecule has 16 heavy (non-hydrogen) atoms. The molecular formula is C12H23NO3. The van der Waals surface area contributed by atoms with E-state index in [1.54, 1.807) is 0 Å². The molecule has 0 radical (unpaired) electrons. The Morgan fingerprint density at radius 3 is 2.62 bits per heavy atom. The predicted molar refractivity (Wildman–Crippen MR) is 62.4 cm³/mol. The monoisotopic (exact) mass is 229 g/mol. The minimum absolute atomic E-state index is 0.00940. The molecule has 1 rings (SSSR count). The Labute approximate surface area is 97.7 Å². The molecule has 94 valence electrons. The van der Waals surface area contributed by atoms with Gasteiger partial charge in [-0.3, -0.25) is 0 Å². The second kappa shape index (κ2) is 5.53. The molecular weight excluding hydrogens is 206 g/mol. The molecule has 0 aromatic heterocycles. The molecule has 2 unspecified atom stereocenters. The Balaban J connectivity index is 2.32. The maximum atomic E-state index is 11.5. The standard InChI is InChI=1S/C12H23NO3/c1-9(10-7-5-6-8-15-10)13-11(14)16-12(2,3)4/h9-10H,5-8H2,1-4H3,(H,13,14). The molecule has 1 saturated heterocycles. The third-order valence-electron chi connectivity index (χ3n) is 2.52. The van der Waals surface area contributed by atoms with Crippen molar-refractivity contribution in [1.82, 2.24) is 5.32 Å². The van der Waals surface area contributed by atoms with Crippen molar-refractivity contribution in [3.05, 3.63) is 0 Å². The van der Waals surface area contributed by atoms with Gasteiger partial charge >= 0.3 is 6.09 Å². The first kappa shape index (κ1) is 13.3. The van der Waals surface area contributed by atoms with Crippen molar-refractivity contribution in [1.29, 1.82) is 0 Å². The van der Waals surface area contributed by atoms with E-state index in [0.29, 0.717) is 0 Å². The fourth-order valence-corrected chi connectivity index (χ4v) is 1.75. The smallest absolute Gasteiger partial charge is 0.407 e. The third kappa shape index (κ3) is 4.84. The van der Waals surface area contributed by atoms with Crippen molar-refractivity contribution in [2.75, 3.05) is 6.61 Å². The van der Waals surface area contributed by atoms with Crippen molar-refractivity contribution < 1.29 is 14.3 Å². The molecule has 4 heteroatoms. The van der Waals surface area contributed by atoms with Gasteiger partial charge in [-0.15, -0.1) is 0 Å². The number of alkyl carbamates (subject to hydrolysis) is 1. The lowest BCUT2D eigenvalue weighted by molar-refractivity contribution is -0.00869. The van der Waals surface area contributed by atoms with Gasteiger partial charge in [0.15, 0.2) is 0 Å². The lowest BCUT2D eigenvalue weighted by atomic mass is 10.0. The van der Waals surface area contributed by atoms with Crippen molar-refractivity contribution in [3.63, 3.8) is 0 Å². The van der Waals surface area contributed by atoms with Crippen LogP contribution in [-0.2, 0) is 9.47 Å². The van der Waals surface area contributed by atoms with Crippen LogP contribution in [0.3, 0.4) is 0 Å². The molecule has 0 aliphatic carbocycles. The van der Waals surface area contributed by atoms with E-state index in [2.05, 4.69) is 5.32 Å². The highest BCUT2D eigenvalue weighted by Crippen LogP contribution is 2.16. The highest BCUT2D eigenvalue weighted by molar-refractivity contribution is 5.68. The molecule has 1 heterocycles. The van der Waals surface area contributed by atoms with Gasteiger partial charge < -0.3 is 14.8 Å². The molecule has 1 fully saturated rings. The van der Waals surface area contributed by atoms with Crippen LogP contribution in [0.25, 0.3) is 0 Å². The van der Waals surface area contributed by atoms with Gasteiger partial charge in [0, 0.05) is 6.61 Å². The maximum absolute atomic E-state index is 11.5.